The van der Waals surface area contributed by atoms with Crippen molar-refractivity contribution in [2.75, 3.05) is 21.2 Å². The predicted octanol–water partition coefficient (Wildman–Crippen LogP) is 1.42. The number of methoxy groups -OCH3 is 1. The van der Waals surface area contributed by atoms with Gasteiger partial charge in [-0.3, -0.25) is 9.59 Å². The highest BCUT2D eigenvalue weighted by Gasteiger charge is 2.19. The van der Waals surface area contributed by atoms with Crippen molar-refractivity contribution in [2.45, 2.75) is 6.61 Å². The number of nitrogens with zero attached hydrogens (tertiary/aromatic N) is 2. The number of carbonyl (C=O) groups is 1. The van der Waals surface area contributed by atoms with Crippen LogP contribution in [0.1, 0.15) is 16.2 Å². The van der Waals surface area contributed by atoms with Crippen LogP contribution in [0.4, 0.5) is 4.39 Å². The number of hydrogen-bond acceptors (Lipinski definition) is 4. The minimum atomic E-state index is -0.743. The van der Waals surface area contributed by atoms with E-state index in [4.69, 9.17) is 4.74 Å². The summed E-state index contributed by atoms with van der Waals surface area (Å²) >= 11 is 0. The summed E-state index contributed by atoms with van der Waals surface area (Å²) in [6, 6.07) is 4.34. The van der Waals surface area contributed by atoms with E-state index < -0.39 is 17.3 Å². The van der Waals surface area contributed by atoms with Crippen LogP contribution in [0.5, 0.6) is 0 Å². The van der Waals surface area contributed by atoms with E-state index in [9.17, 15) is 14.0 Å². The van der Waals surface area contributed by atoms with Crippen molar-refractivity contribution >= 4 is 5.91 Å². The molecule has 0 saturated carbocycles. The smallest absolute Gasteiger partial charge is 0.258 e. The molecule has 0 fully saturated rings. The molecule has 1 aromatic carbocycles. The number of hydrogen-bond donors (Lipinski definition) is 1. The lowest BCUT2D eigenvalue weighted by Gasteiger charge is -2.12. The fourth-order valence-electron chi connectivity index (χ4n) is 1.98. The predicted molar refractivity (Wildman–Crippen MR) is 79.0 cm³/mol. The molecule has 0 spiro atoms. The second-order valence-electron chi connectivity index (χ2n) is 4.87. The number of aromatic amines is 1. The Kier molecular flexibility index (Phi) is 4.67. The summed E-state index contributed by atoms with van der Waals surface area (Å²) in [5, 5.41) is 0. The average Bonchev–Trinajstić information content (AvgIpc) is 2.48. The molecule has 22 heavy (non-hydrogen) atoms. The first-order valence-electron chi connectivity index (χ1n) is 6.53. The maximum absolute atomic E-state index is 14.5. The lowest BCUT2D eigenvalue weighted by molar-refractivity contribution is 0.0823. The van der Waals surface area contributed by atoms with Crippen LogP contribution in [0.3, 0.4) is 0 Å². The van der Waals surface area contributed by atoms with Gasteiger partial charge in [0.2, 0.25) is 0 Å². The first kappa shape index (κ1) is 15.8. The number of H-pyrrole nitrogens is 1. The SMILES string of the molecule is COCc1ncc(-c2cccc(C(=O)N(C)C)c2F)c(=O)[nH]1. The van der Waals surface area contributed by atoms with Crippen LogP contribution < -0.4 is 5.56 Å². The number of amides is 1. The van der Waals surface area contributed by atoms with Crippen molar-refractivity contribution in [3.05, 3.63) is 52.0 Å². The first-order chi connectivity index (χ1) is 10.5. The Bertz CT molecular complexity index is 756. The van der Waals surface area contributed by atoms with E-state index >= 15 is 0 Å². The molecular weight excluding hydrogens is 289 g/mol. The molecule has 0 bridgehead atoms. The number of benzene rings is 1. The minimum absolute atomic E-state index is 0.0328. The molecule has 1 N–H and O–H groups in total. The largest absolute Gasteiger partial charge is 0.377 e. The molecule has 1 amide bonds. The van der Waals surface area contributed by atoms with Crippen molar-refractivity contribution in [1.29, 1.82) is 0 Å². The molecule has 7 heteroatoms. The van der Waals surface area contributed by atoms with Gasteiger partial charge in [-0.2, -0.15) is 0 Å². The third-order valence-corrected chi connectivity index (χ3v) is 3.06. The Morgan fingerprint density at radius 3 is 2.68 bits per heavy atom. The van der Waals surface area contributed by atoms with E-state index in [1.165, 1.54) is 50.5 Å². The number of rotatable bonds is 4. The zero-order chi connectivity index (χ0) is 16.3. The molecule has 0 aliphatic heterocycles. The fraction of sp³-hybridized carbons (Fsp3) is 0.267. The Morgan fingerprint density at radius 2 is 2.09 bits per heavy atom. The highest BCUT2D eigenvalue weighted by atomic mass is 19.1. The van der Waals surface area contributed by atoms with Gasteiger partial charge in [0, 0.05) is 33.0 Å². The van der Waals surface area contributed by atoms with Gasteiger partial charge in [-0.1, -0.05) is 12.1 Å². The third kappa shape index (κ3) is 3.04. The maximum atomic E-state index is 14.5. The normalized spacial score (nSPS) is 10.5. The molecule has 6 nitrogen and oxygen atoms in total. The molecule has 2 aromatic rings. The zero-order valence-corrected chi connectivity index (χ0v) is 12.5. The van der Waals surface area contributed by atoms with Gasteiger partial charge in [0.15, 0.2) is 0 Å². The number of nitrogens with one attached hydrogen (secondary N) is 1. The van der Waals surface area contributed by atoms with Crippen LogP contribution in [0.15, 0.2) is 29.2 Å². The second-order valence-corrected chi connectivity index (χ2v) is 4.87. The number of ether oxygens (including phenoxy) is 1. The summed E-state index contributed by atoms with van der Waals surface area (Å²) in [5.41, 5.74) is -0.491. The summed E-state index contributed by atoms with van der Waals surface area (Å²) < 4.78 is 19.4. The van der Waals surface area contributed by atoms with Gasteiger partial charge in [0.25, 0.3) is 11.5 Å². The van der Waals surface area contributed by atoms with Crippen LogP contribution in [-0.4, -0.2) is 42.0 Å². The molecular formula is C15H16FN3O3. The summed E-state index contributed by atoms with van der Waals surface area (Å²) in [7, 11) is 4.54. The summed E-state index contributed by atoms with van der Waals surface area (Å²) in [6.07, 6.45) is 1.27. The third-order valence-electron chi connectivity index (χ3n) is 3.06. The number of halogens is 1. The van der Waals surface area contributed by atoms with E-state index in [-0.39, 0.29) is 23.3 Å². The Balaban J connectivity index is 2.52. The summed E-state index contributed by atoms with van der Waals surface area (Å²) in [4.78, 5) is 31.8. The van der Waals surface area contributed by atoms with Crippen molar-refractivity contribution in [3.63, 3.8) is 0 Å². The van der Waals surface area contributed by atoms with Gasteiger partial charge in [-0.25, -0.2) is 9.37 Å². The molecule has 0 unspecified atom stereocenters. The van der Waals surface area contributed by atoms with Gasteiger partial charge < -0.3 is 14.6 Å². The molecule has 0 radical (unpaired) electrons. The van der Waals surface area contributed by atoms with E-state index in [1.54, 1.807) is 0 Å². The quantitative estimate of drug-likeness (QED) is 0.927. The van der Waals surface area contributed by atoms with Crippen molar-refractivity contribution in [1.82, 2.24) is 14.9 Å². The van der Waals surface area contributed by atoms with Crippen LogP contribution in [-0.2, 0) is 11.3 Å². The van der Waals surface area contributed by atoms with Gasteiger partial charge in [-0.05, 0) is 6.07 Å². The van der Waals surface area contributed by atoms with E-state index in [1.807, 2.05) is 0 Å². The van der Waals surface area contributed by atoms with Gasteiger partial charge in [-0.15, -0.1) is 0 Å². The molecule has 0 aliphatic rings. The van der Waals surface area contributed by atoms with E-state index in [2.05, 4.69) is 9.97 Å². The van der Waals surface area contributed by atoms with Crippen LogP contribution in [0.2, 0.25) is 0 Å². The van der Waals surface area contributed by atoms with Gasteiger partial charge in [0.1, 0.15) is 18.2 Å². The van der Waals surface area contributed by atoms with Crippen LogP contribution in [0, 0.1) is 5.82 Å². The number of aromatic nitrogens is 2. The molecule has 1 heterocycles. The first-order valence-corrected chi connectivity index (χ1v) is 6.53. The molecule has 1 aromatic heterocycles. The maximum Gasteiger partial charge on any atom is 0.258 e. The summed E-state index contributed by atoms with van der Waals surface area (Å²) in [6.45, 7) is 0.150. The zero-order valence-electron chi connectivity index (χ0n) is 12.5. The van der Waals surface area contributed by atoms with Crippen molar-refractivity contribution < 1.29 is 13.9 Å². The van der Waals surface area contributed by atoms with E-state index in [0.717, 1.165) is 0 Å². The minimum Gasteiger partial charge on any atom is -0.377 e. The average molecular weight is 305 g/mol. The lowest BCUT2D eigenvalue weighted by atomic mass is 10.0. The van der Waals surface area contributed by atoms with Gasteiger partial charge >= 0.3 is 0 Å². The Hall–Kier alpha value is -2.54. The molecule has 0 saturated heterocycles. The highest BCUT2D eigenvalue weighted by molar-refractivity contribution is 5.95. The van der Waals surface area contributed by atoms with Crippen LogP contribution in [0.25, 0.3) is 11.1 Å². The van der Waals surface area contributed by atoms with Crippen LogP contribution >= 0.6 is 0 Å². The topological polar surface area (TPSA) is 75.3 Å². The Morgan fingerprint density at radius 1 is 1.36 bits per heavy atom. The number of carbonyl (C=O) groups excluding carboxylic acids is 1. The standard InChI is InChI=1S/C15H16FN3O3/c1-19(2)15(21)10-6-4-5-9(13(10)16)11-7-17-12(8-22-3)18-14(11)20/h4-7H,8H2,1-3H3,(H,17,18,20). The lowest BCUT2D eigenvalue weighted by Crippen LogP contribution is -2.23. The molecule has 116 valence electrons. The monoisotopic (exact) mass is 305 g/mol. The van der Waals surface area contributed by atoms with Crippen molar-refractivity contribution in [2.24, 2.45) is 0 Å². The fourth-order valence-corrected chi connectivity index (χ4v) is 1.98. The molecule has 2 rings (SSSR count). The van der Waals surface area contributed by atoms with Crippen molar-refractivity contribution in [3.8, 4) is 11.1 Å². The van der Waals surface area contributed by atoms with E-state index in [0.29, 0.717) is 5.82 Å². The second kappa shape index (κ2) is 6.48. The molecule has 0 aliphatic carbocycles. The summed E-state index contributed by atoms with van der Waals surface area (Å²) in [5.74, 6) is -0.870. The highest BCUT2D eigenvalue weighted by Crippen LogP contribution is 2.22. The van der Waals surface area contributed by atoms with Gasteiger partial charge in [0.05, 0.1) is 11.1 Å². The molecule has 0 atom stereocenters. The Labute approximate surface area is 126 Å².